The van der Waals surface area contributed by atoms with Crippen molar-refractivity contribution in [1.29, 1.82) is 0 Å². The lowest BCUT2D eigenvalue weighted by atomic mass is 10.3. The molecule has 7 nitrogen and oxygen atoms in total. The van der Waals surface area contributed by atoms with Gasteiger partial charge in [-0.1, -0.05) is 13.8 Å². The Morgan fingerprint density at radius 2 is 1.81 bits per heavy atom. The van der Waals surface area contributed by atoms with E-state index in [2.05, 4.69) is 10.00 Å². The van der Waals surface area contributed by atoms with Crippen LogP contribution in [0.4, 0.5) is 0 Å². The molecule has 0 atom stereocenters. The first kappa shape index (κ1) is 16.4. The molecule has 0 radical (unpaired) electrons. The second kappa shape index (κ2) is 6.87. The van der Waals surface area contributed by atoms with Gasteiger partial charge in [-0.15, -0.1) is 0 Å². The van der Waals surface area contributed by atoms with Gasteiger partial charge in [-0.2, -0.15) is 22.1 Å². The maximum Gasteiger partial charge on any atom is 0.282 e. The molecular formula is C13H25N5O2S. The van der Waals surface area contributed by atoms with Gasteiger partial charge in [0.2, 0.25) is 0 Å². The number of aryl methyl sites for hydroxylation is 1. The van der Waals surface area contributed by atoms with Gasteiger partial charge in [0.15, 0.2) is 0 Å². The summed E-state index contributed by atoms with van der Waals surface area (Å²) in [5.41, 5.74) is 1.16. The highest BCUT2D eigenvalue weighted by molar-refractivity contribution is 7.86. The lowest BCUT2D eigenvalue weighted by molar-refractivity contribution is 0.175. The second-order valence-corrected chi connectivity index (χ2v) is 7.22. The molecule has 1 aromatic rings. The molecule has 0 aliphatic carbocycles. The molecule has 2 rings (SSSR count). The maximum absolute atomic E-state index is 12.4. The van der Waals surface area contributed by atoms with E-state index in [4.69, 9.17) is 0 Å². The minimum atomic E-state index is -3.29. The van der Waals surface area contributed by atoms with E-state index in [1.807, 2.05) is 33.3 Å². The summed E-state index contributed by atoms with van der Waals surface area (Å²) in [6.45, 7) is 8.25. The lowest BCUT2D eigenvalue weighted by Gasteiger charge is -2.36. The van der Waals surface area contributed by atoms with Crippen LogP contribution in [0, 0.1) is 0 Å². The van der Waals surface area contributed by atoms with Crippen LogP contribution in [0.25, 0.3) is 0 Å². The largest absolute Gasteiger partial charge is 0.296 e. The van der Waals surface area contributed by atoms with E-state index in [0.717, 1.165) is 25.2 Å². The number of hydrogen-bond acceptors (Lipinski definition) is 4. The quantitative estimate of drug-likeness (QED) is 0.748. The molecule has 0 spiro atoms. The molecule has 0 N–H and O–H groups in total. The number of nitrogens with zero attached hydrogens (tertiary/aromatic N) is 5. The average Bonchev–Trinajstić information content (AvgIpc) is 2.86. The van der Waals surface area contributed by atoms with Gasteiger partial charge in [0.25, 0.3) is 10.2 Å². The number of rotatable bonds is 6. The van der Waals surface area contributed by atoms with Gasteiger partial charge in [0, 0.05) is 64.6 Å². The molecule has 1 aliphatic rings. The molecular weight excluding hydrogens is 290 g/mol. The Hall–Kier alpha value is -0.960. The second-order valence-electron chi connectivity index (χ2n) is 5.29. The van der Waals surface area contributed by atoms with Gasteiger partial charge in [-0.25, -0.2) is 0 Å². The van der Waals surface area contributed by atoms with Gasteiger partial charge in [0.1, 0.15) is 0 Å². The third-order valence-electron chi connectivity index (χ3n) is 3.85. The van der Waals surface area contributed by atoms with E-state index < -0.39 is 10.2 Å². The van der Waals surface area contributed by atoms with Crippen molar-refractivity contribution in [3.8, 4) is 0 Å². The van der Waals surface area contributed by atoms with E-state index >= 15 is 0 Å². The third-order valence-corrected chi connectivity index (χ3v) is 6.04. The zero-order chi connectivity index (χ0) is 15.5. The van der Waals surface area contributed by atoms with Crippen LogP contribution < -0.4 is 0 Å². The summed E-state index contributed by atoms with van der Waals surface area (Å²) in [7, 11) is -1.39. The summed E-state index contributed by atoms with van der Waals surface area (Å²) >= 11 is 0. The molecule has 1 saturated heterocycles. The smallest absolute Gasteiger partial charge is 0.282 e. The summed E-state index contributed by atoms with van der Waals surface area (Å²) in [6.07, 6.45) is 3.86. The van der Waals surface area contributed by atoms with Crippen LogP contribution in [0.5, 0.6) is 0 Å². The topological polar surface area (TPSA) is 61.7 Å². The molecule has 120 valence electrons. The fourth-order valence-corrected chi connectivity index (χ4v) is 4.25. The van der Waals surface area contributed by atoms with Gasteiger partial charge in [0.05, 0.1) is 6.20 Å². The zero-order valence-corrected chi connectivity index (χ0v) is 13.9. The first-order valence-corrected chi connectivity index (χ1v) is 8.82. The van der Waals surface area contributed by atoms with Gasteiger partial charge in [-0.05, 0) is 0 Å². The molecule has 0 amide bonds. The van der Waals surface area contributed by atoms with E-state index in [1.54, 1.807) is 8.99 Å². The van der Waals surface area contributed by atoms with Crippen molar-refractivity contribution < 1.29 is 8.42 Å². The summed E-state index contributed by atoms with van der Waals surface area (Å²) in [5, 5.41) is 4.16. The van der Waals surface area contributed by atoms with Crippen molar-refractivity contribution in [2.75, 3.05) is 39.3 Å². The first-order valence-electron chi connectivity index (χ1n) is 7.42. The lowest BCUT2D eigenvalue weighted by Crippen LogP contribution is -2.52. The Bertz CT molecular complexity index is 545. The standard InChI is InChI=1S/C13H25N5O2S/c1-4-17(5-2)21(19,20)18-8-6-16(7-9-18)12-13-10-14-15(3)11-13/h10-11H,4-9,12H2,1-3H3. The SMILES string of the molecule is CCN(CC)S(=O)(=O)N1CCN(Cc2cnn(C)c2)CC1. The minimum absolute atomic E-state index is 0.523. The van der Waals surface area contributed by atoms with Crippen LogP contribution in [0.2, 0.25) is 0 Å². The van der Waals surface area contributed by atoms with Crippen LogP contribution in [0.15, 0.2) is 12.4 Å². The van der Waals surface area contributed by atoms with E-state index in [9.17, 15) is 8.42 Å². The van der Waals surface area contributed by atoms with Crippen LogP contribution in [-0.2, 0) is 23.8 Å². The van der Waals surface area contributed by atoms with Crippen molar-refractivity contribution in [1.82, 2.24) is 23.3 Å². The molecule has 0 bridgehead atoms. The fourth-order valence-electron chi connectivity index (χ4n) is 2.64. The Labute approximate surface area is 127 Å². The molecule has 21 heavy (non-hydrogen) atoms. The predicted octanol–water partition coefficient (Wildman–Crippen LogP) is 0.124. The normalized spacial score (nSPS) is 18.5. The van der Waals surface area contributed by atoms with Gasteiger partial charge < -0.3 is 0 Å². The minimum Gasteiger partial charge on any atom is -0.296 e. The van der Waals surface area contributed by atoms with Gasteiger partial charge >= 0.3 is 0 Å². The number of piperazine rings is 1. The first-order chi connectivity index (χ1) is 9.97. The highest BCUT2D eigenvalue weighted by Crippen LogP contribution is 2.13. The molecule has 1 aliphatic heterocycles. The van der Waals surface area contributed by atoms with E-state index in [-0.39, 0.29) is 0 Å². The molecule has 1 aromatic heterocycles. The van der Waals surface area contributed by atoms with Crippen LogP contribution in [0.3, 0.4) is 0 Å². The summed E-state index contributed by atoms with van der Waals surface area (Å²) in [4.78, 5) is 2.27. The molecule has 0 aromatic carbocycles. The van der Waals surface area contributed by atoms with E-state index in [1.165, 1.54) is 4.31 Å². The molecule has 8 heteroatoms. The monoisotopic (exact) mass is 315 g/mol. The molecule has 0 saturated carbocycles. The van der Waals surface area contributed by atoms with Crippen LogP contribution in [0.1, 0.15) is 19.4 Å². The Kier molecular flexibility index (Phi) is 5.37. The van der Waals surface area contributed by atoms with Crippen molar-refractivity contribution in [3.05, 3.63) is 18.0 Å². The fraction of sp³-hybridized carbons (Fsp3) is 0.769. The average molecular weight is 315 g/mol. The van der Waals surface area contributed by atoms with Crippen LogP contribution >= 0.6 is 0 Å². The van der Waals surface area contributed by atoms with E-state index in [0.29, 0.717) is 26.2 Å². The highest BCUT2D eigenvalue weighted by atomic mass is 32.2. The predicted molar refractivity (Wildman–Crippen MR) is 81.9 cm³/mol. The molecule has 0 unspecified atom stereocenters. The van der Waals surface area contributed by atoms with Crippen LogP contribution in [-0.4, -0.2) is 71.0 Å². The summed E-state index contributed by atoms with van der Waals surface area (Å²) < 4.78 is 29.8. The maximum atomic E-state index is 12.4. The Balaban J connectivity index is 1.91. The molecule has 1 fully saturated rings. The number of hydrogen-bond donors (Lipinski definition) is 0. The number of aromatic nitrogens is 2. The molecule has 2 heterocycles. The van der Waals surface area contributed by atoms with Crippen molar-refractivity contribution in [3.63, 3.8) is 0 Å². The Morgan fingerprint density at radius 3 is 2.29 bits per heavy atom. The third kappa shape index (κ3) is 3.82. The van der Waals surface area contributed by atoms with Gasteiger partial charge in [-0.3, -0.25) is 9.58 Å². The highest BCUT2D eigenvalue weighted by Gasteiger charge is 2.30. The summed E-state index contributed by atoms with van der Waals surface area (Å²) in [6, 6.07) is 0. The van der Waals surface area contributed by atoms with Crippen molar-refractivity contribution in [2.24, 2.45) is 7.05 Å². The van der Waals surface area contributed by atoms with Crippen molar-refractivity contribution in [2.45, 2.75) is 20.4 Å². The van der Waals surface area contributed by atoms with Crippen molar-refractivity contribution >= 4 is 10.2 Å². The zero-order valence-electron chi connectivity index (χ0n) is 13.1. The summed E-state index contributed by atoms with van der Waals surface area (Å²) in [5.74, 6) is 0. The Morgan fingerprint density at radius 1 is 1.19 bits per heavy atom.